The van der Waals surface area contributed by atoms with Crippen LogP contribution in [0.4, 0.5) is 0 Å². The molecule has 2 heterocycles. The summed E-state index contributed by atoms with van der Waals surface area (Å²) in [5, 5.41) is 12.9. The number of benzene rings is 10. The molecule has 0 aliphatic carbocycles. The highest BCUT2D eigenvalue weighted by Gasteiger charge is 2.19. The predicted molar refractivity (Wildman–Crippen MR) is 250 cm³/mol. The minimum Gasteiger partial charge on any atom is -0.256 e. The Balaban J connectivity index is 1.17. The third-order valence-electron chi connectivity index (χ3n) is 11.8. The van der Waals surface area contributed by atoms with Gasteiger partial charge in [-0.05, 0) is 131 Å². The van der Waals surface area contributed by atoms with Crippen molar-refractivity contribution in [3.8, 4) is 56.4 Å². The lowest BCUT2D eigenvalue weighted by Crippen LogP contribution is -2.01. The van der Waals surface area contributed by atoms with Crippen LogP contribution in [0.5, 0.6) is 0 Å². The van der Waals surface area contributed by atoms with Crippen LogP contribution in [0.3, 0.4) is 0 Å². The topological polar surface area (TPSA) is 51.6 Å². The molecule has 0 atom stereocenters. The number of nitrogens with zero attached hydrogens (tertiary/aromatic N) is 4. The molecule has 0 saturated heterocycles. The Morgan fingerprint density at radius 3 is 1.27 bits per heavy atom. The Labute approximate surface area is 346 Å². The third-order valence-corrected chi connectivity index (χ3v) is 11.8. The summed E-state index contributed by atoms with van der Waals surface area (Å²) in [6, 6.07) is 71.4. The molecule has 10 aromatic carbocycles. The molecule has 0 fully saturated rings. The lowest BCUT2D eigenvalue weighted by atomic mass is 9.87. The first kappa shape index (κ1) is 34.0. The van der Waals surface area contributed by atoms with Crippen LogP contribution in [0.15, 0.2) is 206 Å². The van der Waals surface area contributed by atoms with Gasteiger partial charge in [0.2, 0.25) is 0 Å². The fourth-order valence-corrected chi connectivity index (χ4v) is 9.00. The van der Waals surface area contributed by atoms with Crippen molar-refractivity contribution in [2.75, 3.05) is 0 Å². The van der Waals surface area contributed by atoms with Gasteiger partial charge in [-0.1, -0.05) is 146 Å². The van der Waals surface area contributed by atoms with E-state index in [0.717, 1.165) is 49.5 Å². The predicted octanol–water partition coefficient (Wildman–Crippen LogP) is 14.5. The van der Waals surface area contributed by atoms with Gasteiger partial charge in [-0.25, -0.2) is 15.0 Å². The van der Waals surface area contributed by atoms with E-state index in [1.54, 1.807) is 0 Å². The van der Waals surface area contributed by atoms with Crippen molar-refractivity contribution < 1.29 is 0 Å². The smallest absolute Gasteiger partial charge is 0.164 e. The fraction of sp³-hybridized carbons (Fsp3) is 0. The van der Waals surface area contributed by atoms with Crippen LogP contribution in [0.1, 0.15) is 0 Å². The minimum atomic E-state index is 0.610. The van der Waals surface area contributed by atoms with Gasteiger partial charge >= 0.3 is 0 Å². The molecule has 0 bridgehead atoms. The van der Waals surface area contributed by atoms with Crippen LogP contribution in [-0.2, 0) is 0 Å². The first-order valence-corrected chi connectivity index (χ1v) is 20.3. The second-order valence-electron chi connectivity index (χ2n) is 15.5. The Morgan fingerprint density at radius 2 is 0.700 bits per heavy atom. The molecule has 0 aliphatic heterocycles. The SMILES string of the molecule is c1ccc(-c2nc(-c3cc(-c4c5ccccc5cc5ccccc45)cc(-c4c5ccccc5cc5ccccc45)c3)nc(-c3ccc4cc5ncccc5cc4c3)n2)cc1. The summed E-state index contributed by atoms with van der Waals surface area (Å²) in [4.78, 5) is 20.4. The quantitative estimate of drug-likeness (QED) is 0.164. The zero-order chi connectivity index (χ0) is 39.6. The number of hydrogen-bond donors (Lipinski definition) is 0. The van der Waals surface area contributed by atoms with Gasteiger partial charge in [-0.15, -0.1) is 0 Å². The van der Waals surface area contributed by atoms with Crippen molar-refractivity contribution in [2.24, 2.45) is 0 Å². The van der Waals surface area contributed by atoms with Gasteiger partial charge in [0.05, 0.1) is 5.52 Å². The maximum Gasteiger partial charge on any atom is 0.164 e. The third kappa shape index (κ3) is 5.77. The fourth-order valence-electron chi connectivity index (χ4n) is 9.00. The summed E-state index contributed by atoms with van der Waals surface area (Å²) < 4.78 is 0. The van der Waals surface area contributed by atoms with E-state index < -0.39 is 0 Å². The average Bonchev–Trinajstić information content (AvgIpc) is 3.31. The van der Waals surface area contributed by atoms with Crippen molar-refractivity contribution in [1.82, 2.24) is 19.9 Å². The number of pyridine rings is 1. The van der Waals surface area contributed by atoms with Crippen LogP contribution in [-0.4, -0.2) is 19.9 Å². The highest BCUT2D eigenvalue weighted by Crippen LogP contribution is 2.43. The van der Waals surface area contributed by atoms with E-state index in [9.17, 15) is 0 Å². The van der Waals surface area contributed by atoms with E-state index in [1.807, 2.05) is 30.5 Å². The van der Waals surface area contributed by atoms with Crippen molar-refractivity contribution >= 4 is 64.8 Å². The molecule has 0 aliphatic rings. The zero-order valence-corrected chi connectivity index (χ0v) is 32.4. The molecule has 60 heavy (non-hydrogen) atoms. The normalized spacial score (nSPS) is 11.7. The second-order valence-corrected chi connectivity index (χ2v) is 15.5. The largest absolute Gasteiger partial charge is 0.256 e. The zero-order valence-electron chi connectivity index (χ0n) is 32.4. The molecule has 2 aromatic heterocycles. The molecule has 278 valence electrons. The van der Waals surface area contributed by atoms with Crippen LogP contribution in [0.25, 0.3) is 121 Å². The summed E-state index contributed by atoms with van der Waals surface area (Å²) >= 11 is 0. The van der Waals surface area contributed by atoms with E-state index >= 15 is 0 Å². The van der Waals surface area contributed by atoms with Crippen molar-refractivity contribution in [3.05, 3.63) is 206 Å². The van der Waals surface area contributed by atoms with Crippen molar-refractivity contribution in [1.29, 1.82) is 0 Å². The highest BCUT2D eigenvalue weighted by molar-refractivity contribution is 6.16. The van der Waals surface area contributed by atoms with Crippen molar-refractivity contribution in [3.63, 3.8) is 0 Å². The number of hydrogen-bond acceptors (Lipinski definition) is 4. The Hall–Kier alpha value is -8.08. The number of fused-ring (bicyclic) bond motifs is 6. The van der Waals surface area contributed by atoms with Gasteiger partial charge in [0.15, 0.2) is 17.5 Å². The minimum absolute atomic E-state index is 0.610. The van der Waals surface area contributed by atoms with E-state index in [-0.39, 0.29) is 0 Å². The summed E-state index contributed by atoms with van der Waals surface area (Å²) in [6.07, 6.45) is 1.84. The van der Waals surface area contributed by atoms with Gasteiger partial charge in [-0.2, -0.15) is 0 Å². The first-order chi connectivity index (χ1) is 29.7. The van der Waals surface area contributed by atoms with Gasteiger partial charge in [-0.3, -0.25) is 4.98 Å². The molecule has 12 rings (SSSR count). The maximum atomic E-state index is 5.35. The lowest BCUT2D eigenvalue weighted by Gasteiger charge is -2.18. The Bertz CT molecular complexity index is 3420. The summed E-state index contributed by atoms with van der Waals surface area (Å²) in [6.45, 7) is 0. The lowest BCUT2D eigenvalue weighted by molar-refractivity contribution is 1.07. The molecular weight excluding hydrogens is 729 g/mol. The molecule has 0 amide bonds. The van der Waals surface area contributed by atoms with Gasteiger partial charge < -0.3 is 0 Å². The molecule has 0 saturated carbocycles. The second kappa shape index (κ2) is 13.8. The molecule has 4 heteroatoms. The van der Waals surface area contributed by atoms with E-state index in [4.69, 9.17) is 15.0 Å². The molecule has 4 nitrogen and oxygen atoms in total. The van der Waals surface area contributed by atoms with Gasteiger partial charge in [0.25, 0.3) is 0 Å². The van der Waals surface area contributed by atoms with Gasteiger partial charge in [0.1, 0.15) is 0 Å². The standard InChI is InChI=1S/C56H34N4/c1-2-13-35(14-3-1)54-58-55(42-25-24-36-34-51-41(19-12-26-57-51)29-43(36)30-42)60-56(59-54)46-32-44(52-47-20-8-4-15-37(47)27-38-16-5-9-21-48(38)52)31-45(33-46)53-49-22-10-6-17-39(49)28-40-18-7-11-23-50(40)53/h1-34H. The Kier molecular flexibility index (Phi) is 7.82. The number of aromatic nitrogens is 4. The molecule has 0 unspecified atom stereocenters. The van der Waals surface area contributed by atoms with E-state index in [2.05, 4.69) is 181 Å². The molecule has 0 spiro atoms. The van der Waals surface area contributed by atoms with Crippen LogP contribution < -0.4 is 0 Å². The number of rotatable bonds is 5. The van der Waals surface area contributed by atoms with Crippen molar-refractivity contribution in [2.45, 2.75) is 0 Å². The summed E-state index contributed by atoms with van der Waals surface area (Å²) in [5.74, 6) is 1.85. The average molecular weight is 763 g/mol. The summed E-state index contributed by atoms with van der Waals surface area (Å²) in [5.41, 5.74) is 8.30. The Morgan fingerprint density at radius 1 is 0.250 bits per heavy atom. The van der Waals surface area contributed by atoms with Gasteiger partial charge in [0, 0.05) is 28.3 Å². The van der Waals surface area contributed by atoms with Crippen LogP contribution in [0, 0.1) is 0 Å². The molecule has 0 N–H and O–H groups in total. The molecule has 12 aromatic rings. The molecule has 0 radical (unpaired) electrons. The monoisotopic (exact) mass is 762 g/mol. The van der Waals surface area contributed by atoms with E-state index in [0.29, 0.717) is 17.5 Å². The molecular formula is C56H34N4. The van der Waals surface area contributed by atoms with Crippen LogP contribution in [0.2, 0.25) is 0 Å². The highest BCUT2D eigenvalue weighted by atomic mass is 15.0. The van der Waals surface area contributed by atoms with E-state index in [1.165, 1.54) is 54.2 Å². The van der Waals surface area contributed by atoms with Crippen LogP contribution >= 0.6 is 0 Å². The maximum absolute atomic E-state index is 5.35. The first-order valence-electron chi connectivity index (χ1n) is 20.3. The summed E-state index contributed by atoms with van der Waals surface area (Å²) in [7, 11) is 0.